The third-order valence-electron chi connectivity index (χ3n) is 4.60. The molecule has 4 rings (SSSR count). The zero-order chi connectivity index (χ0) is 16.4. The Kier molecular flexibility index (Phi) is 2.78. The molecule has 1 unspecified atom stereocenters. The third kappa shape index (κ3) is 1.82. The summed E-state index contributed by atoms with van der Waals surface area (Å²) in [6.45, 7) is 8.02. The molecule has 4 heteroatoms. The van der Waals surface area contributed by atoms with Gasteiger partial charge in [-0.05, 0) is 48.7 Å². The van der Waals surface area contributed by atoms with Crippen LogP contribution >= 0.6 is 0 Å². The van der Waals surface area contributed by atoms with Crippen LogP contribution in [-0.2, 0) is 9.73 Å². The van der Waals surface area contributed by atoms with E-state index in [0.717, 1.165) is 38.7 Å². The van der Waals surface area contributed by atoms with Crippen molar-refractivity contribution in [2.75, 3.05) is 0 Å². The first-order chi connectivity index (χ1) is 10.9. The molecular formula is C19H16N2OS. The highest BCUT2D eigenvalue weighted by molar-refractivity contribution is 8.01. The van der Waals surface area contributed by atoms with Crippen molar-refractivity contribution in [3.63, 3.8) is 0 Å². The van der Waals surface area contributed by atoms with Crippen LogP contribution in [0, 0.1) is 18.6 Å². The van der Waals surface area contributed by atoms with Gasteiger partial charge in [0.15, 0.2) is 0 Å². The summed E-state index contributed by atoms with van der Waals surface area (Å²) in [4.78, 5) is 5.37. The molecule has 1 aliphatic heterocycles. The molecule has 114 valence electrons. The van der Waals surface area contributed by atoms with E-state index in [9.17, 15) is 4.21 Å². The lowest BCUT2D eigenvalue weighted by Crippen LogP contribution is -2.12. The first-order valence-corrected chi connectivity index (χ1v) is 8.94. The summed E-state index contributed by atoms with van der Waals surface area (Å²) in [6, 6.07) is 11.8. The maximum absolute atomic E-state index is 13.2. The number of benzene rings is 2. The number of hydrogen-bond donors (Lipinski definition) is 1. The van der Waals surface area contributed by atoms with Crippen LogP contribution in [0.25, 0.3) is 26.9 Å². The number of hydrogen-bond acceptors (Lipinski definition) is 3. The van der Waals surface area contributed by atoms with Gasteiger partial charge in [-0.15, -0.1) is 0 Å². The molecule has 1 aliphatic rings. The van der Waals surface area contributed by atoms with Crippen molar-refractivity contribution in [1.82, 2.24) is 4.98 Å². The SMILES string of the molecule is C=C1c2c(ccc3cccnc23)-c2cc(C)c(C)cc2S1(=N)=O. The first kappa shape index (κ1) is 14.2. The Labute approximate surface area is 135 Å². The molecule has 0 amide bonds. The molecule has 0 radical (unpaired) electrons. The molecule has 0 aliphatic carbocycles. The second kappa shape index (κ2) is 4.52. The molecule has 2 heterocycles. The Morgan fingerprint density at radius 1 is 1.09 bits per heavy atom. The minimum absolute atomic E-state index is 0.354. The maximum atomic E-state index is 13.2. The van der Waals surface area contributed by atoms with E-state index >= 15 is 0 Å². The molecule has 23 heavy (non-hydrogen) atoms. The average molecular weight is 320 g/mol. The highest BCUT2D eigenvalue weighted by atomic mass is 32.2. The number of nitrogens with zero attached hydrogens (tertiary/aromatic N) is 1. The molecule has 2 aromatic carbocycles. The molecule has 3 nitrogen and oxygen atoms in total. The molecule has 0 fully saturated rings. The van der Waals surface area contributed by atoms with Gasteiger partial charge in [-0.1, -0.05) is 24.8 Å². The minimum Gasteiger partial charge on any atom is -0.256 e. The van der Waals surface area contributed by atoms with E-state index in [1.807, 2.05) is 50.2 Å². The van der Waals surface area contributed by atoms with Crippen molar-refractivity contribution >= 4 is 25.5 Å². The molecule has 1 aromatic heterocycles. The third-order valence-corrected chi connectivity index (χ3v) is 6.45. The molecule has 1 atom stereocenters. The van der Waals surface area contributed by atoms with Crippen molar-refractivity contribution in [1.29, 1.82) is 4.78 Å². The van der Waals surface area contributed by atoms with Crippen molar-refractivity contribution in [2.24, 2.45) is 0 Å². The summed E-state index contributed by atoms with van der Waals surface area (Å²) in [6.07, 6.45) is 1.72. The van der Waals surface area contributed by atoms with Gasteiger partial charge in [0.2, 0.25) is 0 Å². The normalized spacial score (nSPS) is 19.5. The van der Waals surface area contributed by atoms with Gasteiger partial charge in [-0.25, -0.2) is 8.99 Å². The Bertz CT molecular complexity index is 1110. The van der Waals surface area contributed by atoms with Gasteiger partial charge in [-0.3, -0.25) is 4.98 Å². The molecule has 0 saturated heterocycles. The van der Waals surface area contributed by atoms with Crippen LogP contribution in [0.5, 0.6) is 0 Å². The van der Waals surface area contributed by atoms with E-state index in [1.165, 1.54) is 0 Å². The van der Waals surface area contributed by atoms with Crippen LogP contribution in [0.2, 0.25) is 0 Å². The lowest BCUT2D eigenvalue weighted by Gasteiger charge is -2.26. The number of nitrogens with one attached hydrogen (secondary N) is 1. The van der Waals surface area contributed by atoms with Gasteiger partial charge in [0.1, 0.15) is 9.73 Å². The first-order valence-electron chi connectivity index (χ1n) is 7.39. The zero-order valence-corrected chi connectivity index (χ0v) is 13.8. The summed E-state index contributed by atoms with van der Waals surface area (Å²) < 4.78 is 21.7. The second-order valence-electron chi connectivity index (χ2n) is 5.98. The largest absolute Gasteiger partial charge is 0.256 e. The van der Waals surface area contributed by atoms with E-state index in [1.54, 1.807) is 6.20 Å². The summed E-state index contributed by atoms with van der Waals surface area (Å²) in [5.74, 6) is 0. The summed E-state index contributed by atoms with van der Waals surface area (Å²) in [5.41, 5.74) is 5.50. The summed E-state index contributed by atoms with van der Waals surface area (Å²) >= 11 is 0. The fourth-order valence-corrected chi connectivity index (χ4v) is 4.75. The lowest BCUT2D eigenvalue weighted by molar-refractivity contribution is 0.681. The monoisotopic (exact) mass is 320 g/mol. The fourth-order valence-electron chi connectivity index (χ4n) is 3.17. The topological polar surface area (TPSA) is 53.8 Å². The van der Waals surface area contributed by atoms with Gasteiger partial charge in [0, 0.05) is 22.7 Å². The number of rotatable bonds is 0. The average Bonchev–Trinajstić information content (AvgIpc) is 2.54. The molecule has 1 N–H and O–H groups in total. The van der Waals surface area contributed by atoms with E-state index in [4.69, 9.17) is 4.78 Å². The van der Waals surface area contributed by atoms with Crippen LogP contribution in [0.4, 0.5) is 0 Å². The smallest absolute Gasteiger partial charge is 0.102 e. The van der Waals surface area contributed by atoms with Crippen LogP contribution in [0.1, 0.15) is 16.7 Å². The van der Waals surface area contributed by atoms with Crippen molar-refractivity contribution in [2.45, 2.75) is 18.7 Å². The second-order valence-corrected chi connectivity index (χ2v) is 8.02. The van der Waals surface area contributed by atoms with Crippen molar-refractivity contribution in [3.05, 3.63) is 65.9 Å². The number of pyridine rings is 1. The highest BCUT2D eigenvalue weighted by Gasteiger charge is 2.31. The van der Waals surface area contributed by atoms with Gasteiger partial charge in [-0.2, -0.15) is 0 Å². The number of aryl methyl sites for hydroxylation is 2. The molecule has 0 spiro atoms. The molecule has 0 bridgehead atoms. The van der Waals surface area contributed by atoms with Gasteiger partial charge in [0.25, 0.3) is 0 Å². The minimum atomic E-state index is -3.10. The van der Waals surface area contributed by atoms with Crippen molar-refractivity contribution < 1.29 is 4.21 Å². The van der Waals surface area contributed by atoms with Crippen LogP contribution in [0.3, 0.4) is 0 Å². The zero-order valence-electron chi connectivity index (χ0n) is 13.0. The fraction of sp³-hybridized carbons (Fsp3) is 0.105. The Hall–Kier alpha value is -2.46. The van der Waals surface area contributed by atoms with Gasteiger partial charge < -0.3 is 0 Å². The van der Waals surface area contributed by atoms with Crippen LogP contribution in [-0.4, -0.2) is 9.19 Å². The summed E-state index contributed by atoms with van der Waals surface area (Å²) in [5, 5.41) is 0.967. The van der Waals surface area contributed by atoms with E-state index in [-0.39, 0.29) is 0 Å². The maximum Gasteiger partial charge on any atom is 0.102 e. The predicted octanol–water partition coefficient (Wildman–Crippen LogP) is 4.91. The lowest BCUT2D eigenvalue weighted by atomic mass is 9.94. The van der Waals surface area contributed by atoms with Crippen LogP contribution in [0.15, 0.2) is 54.1 Å². The van der Waals surface area contributed by atoms with E-state index in [0.29, 0.717) is 9.80 Å². The quantitative estimate of drug-likeness (QED) is 0.640. The number of aromatic nitrogens is 1. The summed E-state index contributed by atoms with van der Waals surface area (Å²) in [7, 11) is -3.10. The standard InChI is InChI=1S/C19H16N2OS/c1-11-9-16-15-7-6-14-5-4-8-21-19(14)18(15)13(3)23(20,22)17(16)10-12(11)2/h4-10,20H,3H2,1-2H3. The molecular weight excluding hydrogens is 304 g/mol. The Morgan fingerprint density at radius 3 is 2.61 bits per heavy atom. The highest BCUT2D eigenvalue weighted by Crippen LogP contribution is 2.46. The molecule has 3 aromatic rings. The van der Waals surface area contributed by atoms with Crippen molar-refractivity contribution in [3.8, 4) is 11.1 Å². The van der Waals surface area contributed by atoms with Gasteiger partial charge in [0.05, 0.1) is 15.3 Å². The molecule has 0 saturated carbocycles. The number of fused-ring (bicyclic) bond motifs is 5. The Morgan fingerprint density at radius 2 is 1.83 bits per heavy atom. The van der Waals surface area contributed by atoms with Crippen LogP contribution < -0.4 is 0 Å². The predicted molar refractivity (Wildman–Crippen MR) is 94.8 cm³/mol. The van der Waals surface area contributed by atoms with Gasteiger partial charge >= 0.3 is 0 Å². The van der Waals surface area contributed by atoms with E-state index < -0.39 is 9.73 Å². The Balaban J connectivity index is 2.23. The van der Waals surface area contributed by atoms with E-state index in [2.05, 4.69) is 11.6 Å².